The van der Waals surface area contributed by atoms with Crippen LogP contribution < -0.4 is 11.2 Å². The number of rotatable bonds is 0. The Morgan fingerprint density at radius 2 is 2.50 bits per heavy atom. The van der Waals surface area contributed by atoms with Gasteiger partial charge in [-0.1, -0.05) is 0 Å². The summed E-state index contributed by atoms with van der Waals surface area (Å²) in [6.07, 6.45) is 1.66. The van der Waals surface area contributed by atoms with Crippen molar-refractivity contribution < 1.29 is 0 Å². The first-order valence-electron chi connectivity index (χ1n) is 2.46. The molecule has 0 aromatic carbocycles. The van der Waals surface area contributed by atoms with Crippen LogP contribution in [0.1, 0.15) is 6.92 Å². The Labute approximate surface area is 48.3 Å². The van der Waals surface area contributed by atoms with Crippen LogP contribution in [0.5, 0.6) is 0 Å². The molecule has 1 unspecified atom stereocenters. The maximum absolute atomic E-state index is 5.57. The predicted molar refractivity (Wildman–Crippen MR) is 32.0 cm³/mol. The molecule has 0 spiro atoms. The Morgan fingerprint density at radius 3 is 2.62 bits per heavy atom. The molecule has 0 aromatic rings. The molecule has 0 saturated heterocycles. The van der Waals surface area contributed by atoms with Gasteiger partial charge in [0, 0.05) is 7.05 Å². The molecular formula is C4H10N4. The molecule has 0 bridgehead atoms. The third-order valence-electron chi connectivity index (χ3n) is 0.902. The lowest BCUT2D eigenvalue weighted by Crippen LogP contribution is -2.51. The minimum Gasteiger partial charge on any atom is -0.308 e. The highest BCUT2D eigenvalue weighted by Crippen LogP contribution is 1.97. The summed E-state index contributed by atoms with van der Waals surface area (Å²) in [5.74, 6) is 0. The molecule has 1 aliphatic heterocycles. The average Bonchev–Trinajstić information content (AvgIpc) is 1.82. The third kappa shape index (κ3) is 0.962. The van der Waals surface area contributed by atoms with E-state index in [0.717, 1.165) is 0 Å². The van der Waals surface area contributed by atoms with Gasteiger partial charge in [0.1, 0.15) is 5.66 Å². The van der Waals surface area contributed by atoms with E-state index in [1.165, 1.54) is 0 Å². The molecule has 1 rings (SSSR count). The van der Waals surface area contributed by atoms with Gasteiger partial charge < -0.3 is 5.73 Å². The van der Waals surface area contributed by atoms with Gasteiger partial charge >= 0.3 is 0 Å². The van der Waals surface area contributed by atoms with E-state index in [0.29, 0.717) is 0 Å². The summed E-state index contributed by atoms with van der Waals surface area (Å²) in [5.41, 5.74) is 8.00. The van der Waals surface area contributed by atoms with Gasteiger partial charge in [-0.25, -0.2) is 5.12 Å². The molecule has 3 N–H and O–H groups in total. The van der Waals surface area contributed by atoms with Crippen molar-refractivity contribution in [3.8, 4) is 0 Å². The van der Waals surface area contributed by atoms with Crippen molar-refractivity contribution in [3.05, 3.63) is 0 Å². The summed E-state index contributed by atoms with van der Waals surface area (Å²) in [5, 5.41) is 5.44. The van der Waals surface area contributed by atoms with Crippen LogP contribution in [0.3, 0.4) is 0 Å². The number of hydrogen-bond donors (Lipinski definition) is 2. The van der Waals surface area contributed by atoms with Crippen molar-refractivity contribution in [2.75, 3.05) is 7.05 Å². The number of nitrogens with two attached hydrogens (primary N) is 1. The molecular weight excluding hydrogens is 104 g/mol. The van der Waals surface area contributed by atoms with E-state index in [2.05, 4.69) is 10.5 Å². The number of hydrazone groups is 1. The van der Waals surface area contributed by atoms with E-state index in [4.69, 9.17) is 5.73 Å². The number of hydrazine groups is 1. The molecule has 1 atom stereocenters. The molecule has 0 aliphatic carbocycles. The highest BCUT2D eigenvalue weighted by atomic mass is 15.7. The normalized spacial score (nSPS) is 36.6. The zero-order chi connectivity index (χ0) is 6.20. The molecule has 1 heterocycles. The Hall–Kier alpha value is -0.610. The van der Waals surface area contributed by atoms with Crippen molar-refractivity contribution in [1.82, 2.24) is 10.5 Å². The molecule has 8 heavy (non-hydrogen) atoms. The Bertz CT molecular complexity index is 117. The van der Waals surface area contributed by atoms with Crippen LogP contribution >= 0.6 is 0 Å². The Kier molecular flexibility index (Phi) is 0.988. The van der Waals surface area contributed by atoms with Gasteiger partial charge in [0.15, 0.2) is 0 Å². The molecule has 0 fully saturated rings. The Balaban J connectivity index is 2.58. The van der Waals surface area contributed by atoms with E-state index < -0.39 is 5.66 Å². The lowest BCUT2D eigenvalue weighted by Gasteiger charge is -2.16. The summed E-state index contributed by atoms with van der Waals surface area (Å²) in [7, 11) is 1.80. The standard InChI is InChI=1S/C4H10N4/c1-4(5)3-6-8(2)7-4/h3,7H,5H2,1-2H3. The van der Waals surface area contributed by atoms with Gasteiger partial charge in [0.25, 0.3) is 0 Å². The van der Waals surface area contributed by atoms with Crippen molar-refractivity contribution in [1.29, 1.82) is 0 Å². The van der Waals surface area contributed by atoms with Crippen LogP contribution in [0, 0.1) is 0 Å². The average molecular weight is 114 g/mol. The number of hydrogen-bond acceptors (Lipinski definition) is 4. The van der Waals surface area contributed by atoms with Gasteiger partial charge in [-0.05, 0) is 6.92 Å². The van der Waals surface area contributed by atoms with E-state index >= 15 is 0 Å². The highest BCUT2D eigenvalue weighted by Gasteiger charge is 2.21. The van der Waals surface area contributed by atoms with Gasteiger partial charge in [0.2, 0.25) is 0 Å². The summed E-state index contributed by atoms with van der Waals surface area (Å²) in [6.45, 7) is 1.85. The fourth-order valence-electron chi connectivity index (χ4n) is 0.613. The lowest BCUT2D eigenvalue weighted by atomic mass is 10.3. The van der Waals surface area contributed by atoms with Crippen molar-refractivity contribution >= 4 is 6.21 Å². The summed E-state index contributed by atoms with van der Waals surface area (Å²) in [4.78, 5) is 0. The van der Waals surface area contributed by atoms with Gasteiger partial charge in [-0.3, -0.25) is 0 Å². The molecule has 0 aromatic heterocycles. The smallest absolute Gasteiger partial charge is 0.120 e. The van der Waals surface area contributed by atoms with Crippen LogP contribution in [0.25, 0.3) is 0 Å². The minimum atomic E-state index is -0.450. The number of nitrogens with zero attached hydrogens (tertiary/aromatic N) is 2. The molecule has 0 saturated carbocycles. The second-order valence-corrected chi connectivity index (χ2v) is 2.16. The van der Waals surface area contributed by atoms with Gasteiger partial charge in [-0.15, -0.1) is 0 Å². The quantitative estimate of drug-likeness (QED) is 0.429. The SMILES string of the molecule is CN1N=CC(C)(N)N1. The lowest BCUT2D eigenvalue weighted by molar-refractivity contribution is 0.224. The fraction of sp³-hybridized carbons (Fsp3) is 0.750. The first-order chi connectivity index (χ1) is 3.60. The first kappa shape index (κ1) is 5.53. The Morgan fingerprint density at radius 1 is 1.88 bits per heavy atom. The number of nitrogens with one attached hydrogen (secondary N) is 1. The maximum Gasteiger partial charge on any atom is 0.120 e. The monoisotopic (exact) mass is 114 g/mol. The third-order valence-corrected chi connectivity index (χ3v) is 0.902. The summed E-state index contributed by atoms with van der Waals surface area (Å²) < 4.78 is 0. The van der Waals surface area contributed by atoms with Crippen molar-refractivity contribution in [2.24, 2.45) is 10.8 Å². The predicted octanol–water partition coefficient (Wildman–Crippen LogP) is -0.903. The molecule has 0 radical (unpaired) electrons. The first-order valence-corrected chi connectivity index (χ1v) is 2.46. The van der Waals surface area contributed by atoms with E-state index in [1.54, 1.807) is 18.4 Å². The van der Waals surface area contributed by atoms with Crippen LogP contribution in [0.2, 0.25) is 0 Å². The van der Waals surface area contributed by atoms with Gasteiger partial charge in [0.05, 0.1) is 6.21 Å². The largest absolute Gasteiger partial charge is 0.308 e. The summed E-state index contributed by atoms with van der Waals surface area (Å²) >= 11 is 0. The van der Waals surface area contributed by atoms with Gasteiger partial charge in [-0.2, -0.15) is 10.5 Å². The van der Waals surface area contributed by atoms with Crippen LogP contribution in [-0.4, -0.2) is 24.0 Å². The highest BCUT2D eigenvalue weighted by molar-refractivity contribution is 5.69. The van der Waals surface area contributed by atoms with Crippen LogP contribution in [0.4, 0.5) is 0 Å². The summed E-state index contributed by atoms with van der Waals surface area (Å²) in [6, 6.07) is 0. The zero-order valence-electron chi connectivity index (χ0n) is 5.05. The minimum absolute atomic E-state index is 0.450. The van der Waals surface area contributed by atoms with Crippen LogP contribution in [-0.2, 0) is 0 Å². The van der Waals surface area contributed by atoms with Crippen molar-refractivity contribution in [3.63, 3.8) is 0 Å². The van der Waals surface area contributed by atoms with E-state index in [9.17, 15) is 0 Å². The molecule has 0 amide bonds. The molecule has 4 heteroatoms. The fourth-order valence-corrected chi connectivity index (χ4v) is 0.613. The zero-order valence-corrected chi connectivity index (χ0v) is 5.05. The maximum atomic E-state index is 5.57. The second-order valence-electron chi connectivity index (χ2n) is 2.16. The van der Waals surface area contributed by atoms with Crippen molar-refractivity contribution in [2.45, 2.75) is 12.6 Å². The van der Waals surface area contributed by atoms with E-state index in [1.807, 2.05) is 6.92 Å². The molecule has 1 aliphatic rings. The molecule has 46 valence electrons. The second kappa shape index (κ2) is 1.43. The topological polar surface area (TPSA) is 53.6 Å². The van der Waals surface area contributed by atoms with E-state index in [-0.39, 0.29) is 0 Å². The van der Waals surface area contributed by atoms with Crippen LogP contribution in [0.15, 0.2) is 5.10 Å². The molecule has 4 nitrogen and oxygen atoms in total.